The minimum atomic E-state index is -4.26. The molecule has 0 radical (unpaired) electrons. The topological polar surface area (TPSA) is 43.8 Å². The maximum absolute atomic E-state index is 13.2. The Kier molecular flexibility index (Phi) is 5.59. The van der Waals surface area contributed by atoms with E-state index in [1.54, 1.807) is 17.0 Å². The van der Waals surface area contributed by atoms with Gasteiger partial charge in [-0.05, 0) is 42.6 Å². The van der Waals surface area contributed by atoms with Crippen LogP contribution in [0.1, 0.15) is 24.0 Å². The van der Waals surface area contributed by atoms with Crippen LogP contribution in [0.25, 0.3) is 0 Å². The van der Waals surface area contributed by atoms with Crippen LogP contribution in [-0.4, -0.2) is 47.8 Å². The van der Waals surface area contributed by atoms with Crippen molar-refractivity contribution in [1.82, 2.24) is 4.90 Å². The van der Waals surface area contributed by atoms with Crippen LogP contribution in [0.2, 0.25) is 0 Å². The molecule has 1 amide bonds. The van der Waals surface area contributed by atoms with Gasteiger partial charge in [-0.2, -0.15) is 13.2 Å². The number of β-amino-alcohol motifs (C(OH)–C–C–N with tert-alkyl or cyclic N) is 1. The van der Waals surface area contributed by atoms with E-state index in [0.29, 0.717) is 31.6 Å². The average molecular weight is 418 g/mol. The highest BCUT2D eigenvalue weighted by molar-refractivity contribution is 6.00. The third-order valence-electron chi connectivity index (χ3n) is 6.30. The number of rotatable bonds is 4. The molecule has 0 aromatic heterocycles. The van der Waals surface area contributed by atoms with Gasteiger partial charge < -0.3 is 10.0 Å². The zero-order chi connectivity index (χ0) is 21.4. The summed E-state index contributed by atoms with van der Waals surface area (Å²) < 4.78 is 37.7. The van der Waals surface area contributed by atoms with Crippen molar-refractivity contribution in [2.45, 2.75) is 38.1 Å². The molecule has 160 valence electrons. The summed E-state index contributed by atoms with van der Waals surface area (Å²) in [4.78, 5) is 17.0. The maximum atomic E-state index is 13.2. The molecule has 2 aromatic rings. The van der Waals surface area contributed by atoms with E-state index in [2.05, 4.69) is 4.90 Å². The van der Waals surface area contributed by atoms with E-state index < -0.39 is 24.1 Å². The lowest BCUT2D eigenvalue weighted by Crippen LogP contribution is -2.54. The number of halogens is 3. The summed E-state index contributed by atoms with van der Waals surface area (Å²) >= 11 is 0. The molecule has 2 aliphatic rings. The minimum absolute atomic E-state index is 0.127. The maximum Gasteiger partial charge on any atom is 0.393 e. The fourth-order valence-corrected chi connectivity index (χ4v) is 4.62. The fraction of sp³-hybridized carbons (Fsp3) is 0.435. The van der Waals surface area contributed by atoms with Gasteiger partial charge in [-0.25, -0.2) is 0 Å². The first kappa shape index (κ1) is 20.9. The van der Waals surface area contributed by atoms with Gasteiger partial charge in [-0.1, -0.05) is 42.5 Å². The van der Waals surface area contributed by atoms with Crippen LogP contribution in [0.5, 0.6) is 0 Å². The number of nitrogens with zero attached hydrogens (tertiary/aromatic N) is 2. The smallest absolute Gasteiger partial charge is 0.391 e. The summed E-state index contributed by atoms with van der Waals surface area (Å²) in [6.07, 6.45) is -4.88. The number of carbonyl (C=O) groups is 1. The molecule has 1 spiro atoms. The number of carbonyl (C=O) groups excluding carboxylic acids is 1. The molecule has 4 nitrogen and oxygen atoms in total. The second-order valence-corrected chi connectivity index (χ2v) is 8.31. The van der Waals surface area contributed by atoms with E-state index >= 15 is 0 Å². The minimum Gasteiger partial charge on any atom is -0.391 e. The Balaban J connectivity index is 1.42. The molecule has 2 atom stereocenters. The van der Waals surface area contributed by atoms with E-state index in [9.17, 15) is 23.1 Å². The number of aliphatic hydroxyl groups excluding tert-OH is 1. The van der Waals surface area contributed by atoms with Crippen molar-refractivity contribution >= 4 is 11.6 Å². The molecule has 2 fully saturated rings. The summed E-state index contributed by atoms with van der Waals surface area (Å²) in [5.41, 5.74) is 1.11. The Labute approximate surface area is 173 Å². The molecule has 30 heavy (non-hydrogen) atoms. The summed E-state index contributed by atoms with van der Waals surface area (Å²) in [5, 5.41) is 10.9. The third-order valence-corrected chi connectivity index (χ3v) is 6.30. The van der Waals surface area contributed by atoms with E-state index in [0.717, 1.165) is 13.1 Å². The number of piperidine rings is 1. The van der Waals surface area contributed by atoms with Crippen LogP contribution in [-0.2, 0) is 17.8 Å². The summed E-state index contributed by atoms with van der Waals surface area (Å²) in [5.74, 6) is -0.127. The lowest BCUT2D eigenvalue weighted by molar-refractivity contribution is -0.137. The Morgan fingerprint density at radius 2 is 1.63 bits per heavy atom. The fourth-order valence-electron chi connectivity index (χ4n) is 4.62. The van der Waals surface area contributed by atoms with Crippen LogP contribution >= 0.6 is 0 Å². The normalized spacial score (nSPS) is 25.3. The molecule has 4 rings (SSSR count). The van der Waals surface area contributed by atoms with Crippen LogP contribution in [0.4, 0.5) is 18.9 Å². The second-order valence-electron chi connectivity index (χ2n) is 8.31. The monoisotopic (exact) mass is 418 g/mol. The molecule has 0 aliphatic carbocycles. The van der Waals surface area contributed by atoms with Gasteiger partial charge in [0.25, 0.3) is 0 Å². The molecule has 2 saturated heterocycles. The molecule has 0 bridgehead atoms. The first-order valence-corrected chi connectivity index (χ1v) is 10.2. The lowest BCUT2D eigenvalue weighted by atomic mass is 9.74. The molecule has 2 aromatic carbocycles. The summed E-state index contributed by atoms with van der Waals surface area (Å²) in [6, 6.07) is 16.0. The van der Waals surface area contributed by atoms with Gasteiger partial charge in [-0.15, -0.1) is 0 Å². The standard InChI is InChI=1S/C23H25F3N2O2/c24-23(25,26)14-17-6-8-19(9-7-17)28-13-11-22(21(28)30)10-12-27(16-20(22)29)15-18-4-2-1-3-5-18/h1-9,20,29H,10-16H2. The molecule has 2 aliphatic heterocycles. The van der Waals surface area contributed by atoms with Crippen LogP contribution in [0, 0.1) is 5.41 Å². The average Bonchev–Trinajstić information content (AvgIpc) is 3.03. The number of benzene rings is 2. The Hall–Kier alpha value is -2.38. The number of hydrogen-bond donors (Lipinski definition) is 1. The quantitative estimate of drug-likeness (QED) is 0.822. The number of likely N-dealkylation sites (tertiary alicyclic amines) is 1. The van der Waals surface area contributed by atoms with Crippen molar-refractivity contribution in [3.63, 3.8) is 0 Å². The van der Waals surface area contributed by atoms with Crippen molar-refractivity contribution in [3.05, 3.63) is 65.7 Å². The SMILES string of the molecule is O=C1N(c2ccc(CC(F)(F)F)cc2)CCC12CCN(Cc1ccccc1)CC2O. The number of alkyl halides is 3. The molecular weight excluding hydrogens is 393 g/mol. The lowest BCUT2D eigenvalue weighted by Gasteiger charge is -2.42. The highest BCUT2D eigenvalue weighted by atomic mass is 19.4. The predicted molar refractivity (Wildman–Crippen MR) is 108 cm³/mol. The van der Waals surface area contributed by atoms with Crippen molar-refractivity contribution in [2.24, 2.45) is 5.41 Å². The molecular formula is C23H25F3N2O2. The Morgan fingerprint density at radius 1 is 0.967 bits per heavy atom. The first-order chi connectivity index (χ1) is 14.3. The van der Waals surface area contributed by atoms with Crippen molar-refractivity contribution in [3.8, 4) is 0 Å². The van der Waals surface area contributed by atoms with Crippen LogP contribution in [0.3, 0.4) is 0 Å². The first-order valence-electron chi connectivity index (χ1n) is 10.2. The summed E-state index contributed by atoms with van der Waals surface area (Å²) in [6.45, 7) is 2.34. The highest BCUT2D eigenvalue weighted by Gasteiger charge is 2.53. The van der Waals surface area contributed by atoms with Crippen LogP contribution < -0.4 is 4.90 Å². The predicted octanol–water partition coefficient (Wildman–Crippen LogP) is 3.78. The number of aliphatic hydroxyl groups is 1. The van der Waals surface area contributed by atoms with Gasteiger partial charge in [-0.3, -0.25) is 9.69 Å². The van der Waals surface area contributed by atoms with E-state index in [1.807, 2.05) is 30.3 Å². The molecule has 7 heteroatoms. The van der Waals surface area contributed by atoms with Gasteiger partial charge in [0, 0.05) is 25.3 Å². The van der Waals surface area contributed by atoms with Gasteiger partial charge in [0.15, 0.2) is 0 Å². The Bertz CT molecular complexity index is 886. The molecule has 1 N–H and O–H groups in total. The van der Waals surface area contributed by atoms with E-state index in [4.69, 9.17) is 0 Å². The third kappa shape index (κ3) is 4.23. The Morgan fingerprint density at radius 3 is 2.27 bits per heavy atom. The number of anilines is 1. The largest absolute Gasteiger partial charge is 0.393 e. The molecule has 2 heterocycles. The number of hydrogen-bond acceptors (Lipinski definition) is 3. The molecule has 0 saturated carbocycles. The van der Waals surface area contributed by atoms with Gasteiger partial charge >= 0.3 is 6.18 Å². The van der Waals surface area contributed by atoms with Gasteiger partial charge in [0.1, 0.15) is 0 Å². The van der Waals surface area contributed by atoms with Crippen molar-refractivity contribution in [2.75, 3.05) is 24.5 Å². The van der Waals surface area contributed by atoms with Gasteiger partial charge in [0.05, 0.1) is 17.9 Å². The van der Waals surface area contributed by atoms with E-state index in [1.165, 1.54) is 17.7 Å². The highest BCUT2D eigenvalue weighted by Crippen LogP contribution is 2.43. The van der Waals surface area contributed by atoms with Gasteiger partial charge in [0.2, 0.25) is 5.91 Å². The zero-order valence-corrected chi connectivity index (χ0v) is 16.6. The van der Waals surface area contributed by atoms with Crippen LogP contribution in [0.15, 0.2) is 54.6 Å². The second kappa shape index (κ2) is 8.04. The van der Waals surface area contributed by atoms with Crippen molar-refractivity contribution < 1.29 is 23.1 Å². The zero-order valence-electron chi connectivity index (χ0n) is 16.6. The molecule has 2 unspecified atom stereocenters. The van der Waals surface area contributed by atoms with Crippen molar-refractivity contribution in [1.29, 1.82) is 0 Å². The summed E-state index contributed by atoms with van der Waals surface area (Å²) in [7, 11) is 0. The number of amides is 1. The van der Waals surface area contributed by atoms with E-state index in [-0.39, 0.29) is 11.5 Å².